The lowest BCUT2D eigenvalue weighted by atomic mass is 9.87. The Kier molecular flexibility index (Phi) is 4.45. The molecule has 0 aromatic heterocycles. The summed E-state index contributed by atoms with van der Waals surface area (Å²) in [6.45, 7) is 4.45. The van der Waals surface area contributed by atoms with Gasteiger partial charge in [0.25, 0.3) is 0 Å². The van der Waals surface area contributed by atoms with Gasteiger partial charge >= 0.3 is 0 Å². The van der Waals surface area contributed by atoms with Crippen LogP contribution in [0.25, 0.3) is 0 Å². The van der Waals surface area contributed by atoms with Gasteiger partial charge in [-0.05, 0) is 13.8 Å². The van der Waals surface area contributed by atoms with E-state index < -0.39 is 5.92 Å². The van der Waals surface area contributed by atoms with Gasteiger partial charge in [0.15, 0.2) is 5.78 Å². The first-order valence-electron chi connectivity index (χ1n) is 6.53. The molecule has 0 bridgehead atoms. The van der Waals surface area contributed by atoms with Crippen molar-refractivity contribution in [2.45, 2.75) is 25.9 Å². The van der Waals surface area contributed by atoms with Crippen LogP contribution < -0.4 is 5.32 Å². The van der Waals surface area contributed by atoms with Crippen molar-refractivity contribution in [3.63, 3.8) is 0 Å². The highest BCUT2D eigenvalue weighted by Crippen LogP contribution is 2.17. The Morgan fingerprint density at radius 1 is 1.26 bits per heavy atom. The minimum absolute atomic E-state index is 0.121. The first-order valence-corrected chi connectivity index (χ1v) is 6.53. The van der Waals surface area contributed by atoms with Crippen LogP contribution in [0.5, 0.6) is 0 Å². The van der Waals surface area contributed by atoms with E-state index in [9.17, 15) is 9.59 Å². The number of carbonyl (C=O) groups is 2. The van der Waals surface area contributed by atoms with Crippen LogP contribution in [0.15, 0.2) is 30.3 Å². The fraction of sp³-hybridized carbons (Fsp3) is 0.467. The molecule has 1 aromatic rings. The van der Waals surface area contributed by atoms with Gasteiger partial charge in [0.1, 0.15) is 5.78 Å². The number of nitrogens with one attached hydrogen (secondary N) is 1. The third-order valence-electron chi connectivity index (χ3n) is 3.34. The average molecular weight is 261 g/mol. The van der Waals surface area contributed by atoms with Crippen molar-refractivity contribution in [2.75, 3.05) is 13.2 Å². The summed E-state index contributed by atoms with van der Waals surface area (Å²) in [5.41, 5.74) is 0.572. The molecule has 2 rings (SSSR count). The van der Waals surface area contributed by atoms with Crippen molar-refractivity contribution in [3.05, 3.63) is 35.9 Å². The molecule has 102 valence electrons. The Labute approximate surface area is 113 Å². The van der Waals surface area contributed by atoms with Crippen molar-refractivity contribution >= 4 is 11.6 Å². The third-order valence-corrected chi connectivity index (χ3v) is 3.34. The summed E-state index contributed by atoms with van der Waals surface area (Å²) in [6.07, 6.45) is 0. The van der Waals surface area contributed by atoms with E-state index in [1.54, 1.807) is 24.3 Å². The largest absolute Gasteiger partial charge is 0.378 e. The molecule has 3 unspecified atom stereocenters. The van der Waals surface area contributed by atoms with E-state index in [4.69, 9.17) is 4.74 Å². The smallest absolute Gasteiger partial charge is 0.174 e. The molecule has 4 heteroatoms. The topological polar surface area (TPSA) is 55.4 Å². The van der Waals surface area contributed by atoms with Crippen LogP contribution in [0.2, 0.25) is 0 Å². The van der Waals surface area contributed by atoms with E-state index in [0.29, 0.717) is 18.8 Å². The molecule has 19 heavy (non-hydrogen) atoms. The van der Waals surface area contributed by atoms with Crippen LogP contribution in [-0.2, 0) is 9.53 Å². The summed E-state index contributed by atoms with van der Waals surface area (Å²) in [6, 6.07) is 8.86. The fourth-order valence-electron chi connectivity index (χ4n) is 2.46. The number of hydrogen-bond acceptors (Lipinski definition) is 4. The number of morpholine rings is 1. The maximum atomic E-state index is 12.5. The molecule has 1 fully saturated rings. The van der Waals surface area contributed by atoms with Gasteiger partial charge in [-0.25, -0.2) is 0 Å². The molecule has 1 aliphatic rings. The molecule has 0 saturated carbocycles. The fourth-order valence-corrected chi connectivity index (χ4v) is 2.46. The molecule has 0 aliphatic carbocycles. The van der Waals surface area contributed by atoms with Crippen molar-refractivity contribution in [1.29, 1.82) is 0 Å². The molecule has 0 spiro atoms. The summed E-state index contributed by atoms with van der Waals surface area (Å²) in [5, 5.41) is 3.28. The maximum Gasteiger partial charge on any atom is 0.174 e. The quantitative estimate of drug-likeness (QED) is 0.658. The Morgan fingerprint density at radius 3 is 2.53 bits per heavy atom. The molecular formula is C15H19NO3. The Balaban J connectivity index is 2.20. The molecule has 3 atom stereocenters. The van der Waals surface area contributed by atoms with Crippen molar-refractivity contribution < 1.29 is 14.3 Å². The SMILES string of the molecule is CC(=O)C(C(=O)c1ccccc1)C1COCC(C)N1. The molecule has 0 amide bonds. The number of carbonyl (C=O) groups excluding carboxylic acids is 2. The maximum absolute atomic E-state index is 12.5. The highest BCUT2D eigenvalue weighted by molar-refractivity contribution is 6.10. The van der Waals surface area contributed by atoms with Gasteiger partial charge in [0.2, 0.25) is 0 Å². The van der Waals surface area contributed by atoms with Crippen LogP contribution in [0.3, 0.4) is 0 Å². The van der Waals surface area contributed by atoms with E-state index >= 15 is 0 Å². The predicted molar refractivity (Wildman–Crippen MR) is 72.1 cm³/mol. The van der Waals surface area contributed by atoms with Gasteiger partial charge < -0.3 is 10.1 Å². The second kappa shape index (κ2) is 6.08. The van der Waals surface area contributed by atoms with Crippen LogP contribution >= 0.6 is 0 Å². The van der Waals surface area contributed by atoms with Gasteiger partial charge in [0, 0.05) is 17.6 Å². The molecule has 1 saturated heterocycles. The number of ether oxygens (including phenoxy) is 1. The summed E-state index contributed by atoms with van der Waals surface area (Å²) in [5.74, 6) is -0.933. The van der Waals surface area contributed by atoms with E-state index in [1.165, 1.54) is 6.92 Å². The lowest BCUT2D eigenvalue weighted by molar-refractivity contribution is -0.121. The van der Waals surface area contributed by atoms with E-state index in [-0.39, 0.29) is 23.7 Å². The standard InChI is InChI=1S/C15H19NO3/c1-10-8-19-9-13(16-10)14(11(2)17)15(18)12-6-4-3-5-7-12/h3-7,10,13-14,16H,8-9H2,1-2H3. The number of Topliss-reactive ketones (excluding diaryl/α,β-unsaturated/α-hetero) is 2. The normalized spacial score (nSPS) is 24.7. The highest BCUT2D eigenvalue weighted by Gasteiger charge is 2.35. The zero-order valence-electron chi connectivity index (χ0n) is 11.3. The molecule has 1 N–H and O–H groups in total. The van der Waals surface area contributed by atoms with Gasteiger partial charge in [-0.1, -0.05) is 30.3 Å². The van der Waals surface area contributed by atoms with Gasteiger partial charge in [0.05, 0.1) is 19.1 Å². The minimum atomic E-state index is -0.676. The van der Waals surface area contributed by atoms with E-state index in [0.717, 1.165) is 0 Å². The zero-order chi connectivity index (χ0) is 13.8. The van der Waals surface area contributed by atoms with E-state index in [2.05, 4.69) is 5.32 Å². The van der Waals surface area contributed by atoms with Gasteiger partial charge in [-0.2, -0.15) is 0 Å². The lowest BCUT2D eigenvalue weighted by Crippen LogP contribution is -2.54. The molecule has 0 radical (unpaired) electrons. The third kappa shape index (κ3) is 3.28. The van der Waals surface area contributed by atoms with Crippen LogP contribution in [0.1, 0.15) is 24.2 Å². The Morgan fingerprint density at radius 2 is 1.95 bits per heavy atom. The van der Waals surface area contributed by atoms with Crippen LogP contribution in [0.4, 0.5) is 0 Å². The first kappa shape index (κ1) is 13.9. The second-order valence-corrected chi connectivity index (χ2v) is 5.03. The Bertz CT molecular complexity index is 458. The van der Waals surface area contributed by atoms with Crippen molar-refractivity contribution in [3.8, 4) is 0 Å². The van der Waals surface area contributed by atoms with E-state index in [1.807, 2.05) is 13.0 Å². The average Bonchev–Trinajstić information content (AvgIpc) is 2.39. The molecule has 1 heterocycles. The predicted octanol–water partition coefficient (Wildman–Crippen LogP) is 1.45. The summed E-state index contributed by atoms with van der Waals surface area (Å²) in [4.78, 5) is 24.3. The van der Waals surface area contributed by atoms with Crippen molar-refractivity contribution in [2.24, 2.45) is 5.92 Å². The minimum Gasteiger partial charge on any atom is -0.378 e. The summed E-state index contributed by atoms with van der Waals surface area (Å²) in [7, 11) is 0. The number of benzene rings is 1. The number of hydrogen-bond donors (Lipinski definition) is 1. The molecule has 4 nitrogen and oxygen atoms in total. The zero-order valence-corrected chi connectivity index (χ0v) is 11.3. The van der Waals surface area contributed by atoms with Crippen LogP contribution in [0, 0.1) is 5.92 Å². The van der Waals surface area contributed by atoms with Crippen molar-refractivity contribution in [1.82, 2.24) is 5.32 Å². The molecular weight excluding hydrogens is 242 g/mol. The summed E-state index contributed by atoms with van der Waals surface area (Å²) >= 11 is 0. The highest BCUT2D eigenvalue weighted by atomic mass is 16.5. The van der Waals surface area contributed by atoms with Gasteiger partial charge in [-0.3, -0.25) is 9.59 Å². The lowest BCUT2D eigenvalue weighted by Gasteiger charge is -2.32. The van der Waals surface area contributed by atoms with Gasteiger partial charge in [-0.15, -0.1) is 0 Å². The molecule has 1 aliphatic heterocycles. The molecule has 1 aromatic carbocycles. The number of rotatable bonds is 4. The Hall–Kier alpha value is -1.52. The number of ketones is 2. The first-order chi connectivity index (χ1) is 9.09. The second-order valence-electron chi connectivity index (χ2n) is 5.03. The monoisotopic (exact) mass is 261 g/mol. The van der Waals surface area contributed by atoms with Crippen LogP contribution in [-0.4, -0.2) is 36.9 Å². The summed E-state index contributed by atoms with van der Waals surface area (Å²) < 4.78 is 5.44.